The number of carbonyl (C=O) groups is 1. The van der Waals surface area contributed by atoms with Gasteiger partial charge in [0.15, 0.2) is 0 Å². The van der Waals surface area contributed by atoms with Gasteiger partial charge in [0.05, 0.1) is 43.0 Å². The number of ether oxygens (including phenoxy) is 2. The Morgan fingerprint density at radius 3 is 2.88 bits per heavy atom. The van der Waals surface area contributed by atoms with E-state index in [2.05, 4.69) is 4.98 Å². The standard InChI is InChI=1S/C19H24N2O3S/c1-14-18(20-15(2)25-14)10-19(22)21-8-9-24-17(11-21)13-23-12-16-6-4-3-5-7-16/h3-7,17H,8-13H2,1-2H3. The van der Waals surface area contributed by atoms with Gasteiger partial charge < -0.3 is 14.4 Å². The fraction of sp³-hybridized carbons (Fsp3) is 0.474. The lowest BCUT2D eigenvalue weighted by Gasteiger charge is -2.32. The lowest BCUT2D eigenvalue weighted by molar-refractivity contribution is -0.140. The molecule has 1 unspecified atom stereocenters. The van der Waals surface area contributed by atoms with Crippen molar-refractivity contribution >= 4 is 17.2 Å². The summed E-state index contributed by atoms with van der Waals surface area (Å²) in [6.45, 7) is 6.82. The van der Waals surface area contributed by atoms with Crippen molar-refractivity contribution in [2.45, 2.75) is 33.0 Å². The lowest BCUT2D eigenvalue weighted by Crippen LogP contribution is -2.47. The van der Waals surface area contributed by atoms with E-state index in [4.69, 9.17) is 9.47 Å². The van der Waals surface area contributed by atoms with Gasteiger partial charge in [-0.05, 0) is 19.4 Å². The van der Waals surface area contributed by atoms with E-state index in [1.807, 2.05) is 49.1 Å². The van der Waals surface area contributed by atoms with Crippen molar-refractivity contribution in [2.24, 2.45) is 0 Å². The van der Waals surface area contributed by atoms with Gasteiger partial charge in [-0.1, -0.05) is 30.3 Å². The van der Waals surface area contributed by atoms with Gasteiger partial charge in [-0.25, -0.2) is 4.98 Å². The van der Waals surface area contributed by atoms with Gasteiger partial charge in [-0.2, -0.15) is 0 Å². The molecule has 0 saturated carbocycles. The highest BCUT2D eigenvalue weighted by molar-refractivity contribution is 7.11. The summed E-state index contributed by atoms with van der Waals surface area (Å²) in [7, 11) is 0. The van der Waals surface area contributed by atoms with E-state index in [1.165, 1.54) is 0 Å². The van der Waals surface area contributed by atoms with E-state index in [1.54, 1.807) is 11.3 Å². The van der Waals surface area contributed by atoms with E-state index in [9.17, 15) is 4.79 Å². The van der Waals surface area contributed by atoms with Crippen LogP contribution in [0.5, 0.6) is 0 Å². The number of aromatic nitrogens is 1. The molecule has 6 heteroatoms. The van der Waals surface area contributed by atoms with Crippen molar-refractivity contribution in [3.63, 3.8) is 0 Å². The van der Waals surface area contributed by atoms with E-state index in [0.29, 0.717) is 39.3 Å². The molecule has 3 rings (SSSR count). The molecule has 5 nitrogen and oxygen atoms in total. The van der Waals surface area contributed by atoms with Crippen molar-refractivity contribution in [3.8, 4) is 0 Å². The van der Waals surface area contributed by atoms with Crippen molar-refractivity contribution in [2.75, 3.05) is 26.3 Å². The van der Waals surface area contributed by atoms with Crippen LogP contribution in [0.2, 0.25) is 0 Å². The van der Waals surface area contributed by atoms with Gasteiger partial charge >= 0.3 is 0 Å². The molecule has 1 atom stereocenters. The second-order valence-corrected chi connectivity index (χ2v) is 7.65. The second-order valence-electron chi connectivity index (χ2n) is 6.25. The number of aryl methyl sites for hydroxylation is 2. The van der Waals surface area contributed by atoms with Gasteiger partial charge in [0.25, 0.3) is 0 Å². The maximum absolute atomic E-state index is 12.6. The highest BCUT2D eigenvalue weighted by Gasteiger charge is 2.25. The average Bonchev–Trinajstić information content (AvgIpc) is 2.93. The molecule has 1 amide bonds. The molecule has 134 valence electrons. The Balaban J connectivity index is 1.47. The summed E-state index contributed by atoms with van der Waals surface area (Å²) in [5.41, 5.74) is 2.04. The van der Waals surface area contributed by atoms with E-state index in [-0.39, 0.29) is 12.0 Å². The Morgan fingerprint density at radius 1 is 1.36 bits per heavy atom. The third-order valence-corrected chi connectivity index (χ3v) is 5.15. The summed E-state index contributed by atoms with van der Waals surface area (Å²) in [6, 6.07) is 10.1. The molecule has 0 N–H and O–H groups in total. The maximum Gasteiger partial charge on any atom is 0.228 e. The Morgan fingerprint density at radius 2 is 2.16 bits per heavy atom. The molecular weight excluding hydrogens is 336 g/mol. The monoisotopic (exact) mass is 360 g/mol. The van der Waals surface area contributed by atoms with Gasteiger partial charge in [-0.3, -0.25) is 4.79 Å². The van der Waals surface area contributed by atoms with E-state index < -0.39 is 0 Å². The molecule has 0 aliphatic carbocycles. The lowest BCUT2D eigenvalue weighted by atomic mass is 10.2. The summed E-state index contributed by atoms with van der Waals surface area (Å²) in [6.07, 6.45) is 0.299. The number of hydrogen-bond acceptors (Lipinski definition) is 5. The molecule has 25 heavy (non-hydrogen) atoms. The first-order valence-corrected chi connectivity index (χ1v) is 9.37. The predicted octanol–water partition coefficient (Wildman–Crippen LogP) is 2.75. The summed E-state index contributed by atoms with van der Waals surface area (Å²) in [5.74, 6) is 0.116. The number of benzene rings is 1. The van der Waals surface area contributed by atoms with Crippen LogP contribution >= 0.6 is 11.3 Å². The van der Waals surface area contributed by atoms with Crippen LogP contribution in [0, 0.1) is 13.8 Å². The molecule has 0 spiro atoms. The first-order chi connectivity index (χ1) is 12.1. The first kappa shape index (κ1) is 18.0. The topological polar surface area (TPSA) is 51.7 Å². The first-order valence-electron chi connectivity index (χ1n) is 8.56. The molecule has 1 fully saturated rings. The van der Waals surface area contributed by atoms with Gasteiger partial charge in [0.2, 0.25) is 5.91 Å². The molecule has 1 aromatic heterocycles. The number of morpholine rings is 1. The van der Waals surface area contributed by atoms with Crippen LogP contribution in [0.25, 0.3) is 0 Å². The summed E-state index contributed by atoms with van der Waals surface area (Å²) in [5, 5.41) is 1.01. The maximum atomic E-state index is 12.6. The summed E-state index contributed by atoms with van der Waals surface area (Å²) in [4.78, 5) is 20.0. The number of amides is 1. The molecule has 0 radical (unpaired) electrons. The van der Waals surface area contributed by atoms with Gasteiger partial charge in [-0.15, -0.1) is 11.3 Å². The minimum Gasteiger partial charge on any atom is -0.374 e. The zero-order valence-corrected chi connectivity index (χ0v) is 15.6. The summed E-state index contributed by atoms with van der Waals surface area (Å²) < 4.78 is 11.5. The van der Waals surface area contributed by atoms with Crippen molar-refractivity contribution in [1.29, 1.82) is 0 Å². The third kappa shape index (κ3) is 5.11. The second kappa shape index (κ2) is 8.56. The largest absolute Gasteiger partial charge is 0.374 e. The number of rotatable bonds is 6. The Hall–Kier alpha value is -1.76. The van der Waals surface area contributed by atoms with Gasteiger partial charge in [0.1, 0.15) is 0 Å². The van der Waals surface area contributed by atoms with Crippen molar-refractivity contribution in [1.82, 2.24) is 9.88 Å². The van der Waals surface area contributed by atoms with Crippen LogP contribution in [0.4, 0.5) is 0 Å². The summed E-state index contributed by atoms with van der Waals surface area (Å²) >= 11 is 1.64. The fourth-order valence-corrected chi connectivity index (χ4v) is 3.75. The quantitative estimate of drug-likeness (QED) is 0.795. The highest BCUT2D eigenvalue weighted by Crippen LogP contribution is 2.18. The van der Waals surface area contributed by atoms with Crippen LogP contribution in [0.15, 0.2) is 30.3 Å². The normalized spacial score (nSPS) is 17.7. The third-order valence-electron chi connectivity index (χ3n) is 4.23. The number of hydrogen-bond donors (Lipinski definition) is 0. The zero-order chi connectivity index (χ0) is 17.6. The smallest absolute Gasteiger partial charge is 0.228 e. The van der Waals surface area contributed by atoms with Crippen LogP contribution in [-0.4, -0.2) is 48.2 Å². The van der Waals surface area contributed by atoms with Crippen molar-refractivity contribution < 1.29 is 14.3 Å². The number of thiazole rings is 1. The molecule has 2 aromatic rings. The van der Waals surface area contributed by atoms with E-state index >= 15 is 0 Å². The SMILES string of the molecule is Cc1nc(CC(=O)N2CCOC(COCc3ccccc3)C2)c(C)s1. The molecule has 2 heterocycles. The zero-order valence-electron chi connectivity index (χ0n) is 14.7. The predicted molar refractivity (Wildman–Crippen MR) is 97.7 cm³/mol. The number of nitrogens with zero attached hydrogens (tertiary/aromatic N) is 2. The molecule has 1 aliphatic heterocycles. The molecule has 1 aliphatic rings. The highest BCUT2D eigenvalue weighted by atomic mass is 32.1. The van der Waals surface area contributed by atoms with Crippen LogP contribution in [-0.2, 0) is 27.3 Å². The Bertz CT molecular complexity index is 702. The van der Waals surface area contributed by atoms with Crippen LogP contribution in [0.1, 0.15) is 21.1 Å². The number of carbonyl (C=O) groups excluding carboxylic acids is 1. The molecule has 1 saturated heterocycles. The molecular formula is C19H24N2O3S. The van der Waals surface area contributed by atoms with Crippen LogP contribution < -0.4 is 0 Å². The fourth-order valence-electron chi connectivity index (χ4n) is 2.92. The molecule has 0 bridgehead atoms. The Labute approximate surface area is 152 Å². The minimum atomic E-state index is -0.0697. The van der Waals surface area contributed by atoms with Crippen LogP contribution in [0.3, 0.4) is 0 Å². The van der Waals surface area contributed by atoms with E-state index in [0.717, 1.165) is 21.1 Å². The average molecular weight is 360 g/mol. The molecule has 1 aromatic carbocycles. The van der Waals surface area contributed by atoms with Crippen molar-refractivity contribution in [3.05, 3.63) is 51.5 Å². The Kier molecular flexibility index (Phi) is 6.18. The van der Waals surface area contributed by atoms with Gasteiger partial charge in [0, 0.05) is 18.0 Å². The minimum absolute atomic E-state index is 0.0697.